The molecule has 0 heterocycles. The minimum atomic E-state index is -0.905. The smallest absolute Gasteiger partial charge is 0.336 e. The number of carbonyl (C=O) groups is 1. The average Bonchev–Trinajstić information content (AvgIpc) is 2.35. The Kier molecular flexibility index (Phi) is 5.51. The summed E-state index contributed by atoms with van der Waals surface area (Å²) in [5.74, 6) is -0.599. The lowest BCUT2D eigenvalue weighted by Crippen LogP contribution is -2.41. The highest BCUT2D eigenvalue weighted by atomic mass is 32.2. The minimum absolute atomic E-state index is 0.0944. The van der Waals surface area contributed by atoms with Gasteiger partial charge in [0.05, 0.1) is 11.2 Å². The zero-order valence-corrected chi connectivity index (χ0v) is 14.5. The zero-order chi connectivity index (χ0) is 16.4. The highest BCUT2D eigenvalue weighted by Crippen LogP contribution is 2.44. The van der Waals surface area contributed by atoms with Crippen molar-refractivity contribution in [1.29, 1.82) is 0 Å². The second-order valence-electron chi connectivity index (χ2n) is 6.74. The molecule has 4 heteroatoms. The topological polar surface area (TPSA) is 57.5 Å². The summed E-state index contributed by atoms with van der Waals surface area (Å²) >= 11 is 1.56. The van der Waals surface area contributed by atoms with E-state index < -0.39 is 11.6 Å². The number of aliphatic hydroxyl groups is 1. The second-order valence-corrected chi connectivity index (χ2v) is 8.43. The SMILES string of the molecule is CC(C(C)C(C)(C)Sc1ccccc1C(=O)O)C(C)(C)O. The van der Waals surface area contributed by atoms with Gasteiger partial charge < -0.3 is 10.2 Å². The summed E-state index contributed by atoms with van der Waals surface area (Å²) < 4.78 is -0.190. The zero-order valence-electron chi connectivity index (χ0n) is 13.7. The van der Waals surface area contributed by atoms with Crippen molar-refractivity contribution in [3.05, 3.63) is 29.8 Å². The van der Waals surface area contributed by atoms with Crippen LogP contribution in [0.2, 0.25) is 0 Å². The van der Waals surface area contributed by atoms with E-state index in [1.54, 1.807) is 23.9 Å². The van der Waals surface area contributed by atoms with Crippen molar-refractivity contribution in [1.82, 2.24) is 0 Å². The maximum absolute atomic E-state index is 11.3. The first-order valence-corrected chi connectivity index (χ1v) is 8.02. The molecule has 0 radical (unpaired) electrons. The van der Waals surface area contributed by atoms with Crippen LogP contribution in [0.1, 0.15) is 51.9 Å². The summed E-state index contributed by atoms with van der Waals surface area (Å²) in [7, 11) is 0. The maximum atomic E-state index is 11.3. The third-order valence-electron chi connectivity index (χ3n) is 4.45. The summed E-state index contributed by atoms with van der Waals surface area (Å²) in [5, 5.41) is 19.5. The number of carboxylic acids is 1. The summed E-state index contributed by atoms with van der Waals surface area (Å²) in [4.78, 5) is 12.1. The van der Waals surface area contributed by atoms with Gasteiger partial charge >= 0.3 is 5.97 Å². The Bertz CT molecular complexity index is 503. The number of aromatic carboxylic acids is 1. The lowest BCUT2D eigenvalue weighted by molar-refractivity contribution is -0.00388. The molecular weight excluding hydrogens is 284 g/mol. The van der Waals surface area contributed by atoms with Crippen molar-refractivity contribution in [3.8, 4) is 0 Å². The molecule has 118 valence electrons. The van der Waals surface area contributed by atoms with Crippen LogP contribution in [0.15, 0.2) is 29.2 Å². The first kappa shape index (κ1) is 18.1. The fraction of sp³-hybridized carbons (Fsp3) is 0.588. The Morgan fingerprint density at radius 2 is 1.62 bits per heavy atom. The summed E-state index contributed by atoms with van der Waals surface area (Å²) in [6, 6.07) is 7.07. The molecule has 0 saturated carbocycles. The van der Waals surface area contributed by atoms with Gasteiger partial charge in [-0.15, -0.1) is 11.8 Å². The van der Waals surface area contributed by atoms with Gasteiger partial charge in [0, 0.05) is 9.64 Å². The number of carboxylic acid groups (broad SMARTS) is 1. The number of hydrogen-bond donors (Lipinski definition) is 2. The normalized spacial score (nSPS) is 15.6. The Balaban J connectivity index is 3.03. The number of benzene rings is 1. The van der Waals surface area contributed by atoms with Gasteiger partial charge in [-0.25, -0.2) is 4.79 Å². The fourth-order valence-electron chi connectivity index (χ4n) is 2.32. The maximum Gasteiger partial charge on any atom is 0.336 e. The van der Waals surface area contributed by atoms with Crippen LogP contribution in [-0.2, 0) is 0 Å². The predicted octanol–water partition coefficient (Wildman–Crippen LogP) is 4.30. The van der Waals surface area contributed by atoms with E-state index in [9.17, 15) is 15.0 Å². The summed E-state index contributed by atoms with van der Waals surface area (Å²) in [6.45, 7) is 12.0. The van der Waals surface area contributed by atoms with Gasteiger partial charge in [0.1, 0.15) is 0 Å². The Labute approximate surface area is 131 Å². The van der Waals surface area contributed by atoms with Crippen molar-refractivity contribution in [2.45, 2.75) is 56.8 Å². The molecule has 0 spiro atoms. The standard InChI is InChI=1S/C17H26O3S/c1-11(16(3,4)20)12(2)17(5,6)21-14-10-8-7-9-13(14)15(18)19/h7-12,20H,1-6H3,(H,18,19). The summed E-state index contributed by atoms with van der Waals surface area (Å²) in [5.41, 5.74) is -0.428. The van der Waals surface area contributed by atoms with Crippen molar-refractivity contribution in [2.24, 2.45) is 11.8 Å². The molecule has 0 bridgehead atoms. The molecule has 0 aliphatic carbocycles. The molecule has 0 fully saturated rings. The van der Waals surface area contributed by atoms with E-state index in [0.717, 1.165) is 4.90 Å². The Morgan fingerprint density at radius 1 is 1.10 bits per heavy atom. The number of rotatable bonds is 6. The summed E-state index contributed by atoms with van der Waals surface area (Å²) in [6.07, 6.45) is 0. The van der Waals surface area contributed by atoms with E-state index in [2.05, 4.69) is 20.8 Å². The minimum Gasteiger partial charge on any atom is -0.478 e. The van der Waals surface area contributed by atoms with Gasteiger partial charge in [-0.05, 0) is 37.8 Å². The third-order valence-corrected chi connectivity index (χ3v) is 5.93. The average molecular weight is 310 g/mol. The largest absolute Gasteiger partial charge is 0.478 e. The van der Waals surface area contributed by atoms with Crippen LogP contribution in [0.3, 0.4) is 0 Å². The van der Waals surface area contributed by atoms with Crippen LogP contribution in [0.25, 0.3) is 0 Å². The molecule has 3 nitrogen and oxygen atoms in total. The van der Waals surface area contributed by atoms with Gasteiger partial charge in [-0.3, -0.25) is 0 Å². The Morgan fingerprint density at radius 3 is 2.10 bits per heavy atom. The lowest BCUT2D eigenvalue weighted by atomic mass is 9.77. The highest BCUT2D eigenvalue weighted by molar-refractivity contribution is 8.00. The molecular formula is C17H26O3S. The molecule has 2 unspecified atom stereocenters. The van der Waals surface area contributed by atoms with Crippen LogP contribution >= 0.6 is 11.8 Å². The van der Waals surface area contributed by atoms with Crippen LogP contribution in [0.4, 0.5) is 0 Å². The van der Waals surface area contributed by atoms with Crippen LogP contribution in [0.5, 0.6) is 0 Å². The second kappa shape index (κ2) is 6.41. The van der Waals surface area contributed by atoms with Crippen LogP contribution in [0, 0.1) is 11.8 Å². The van der Waals surface area contributed by atoms with Gasteiger partial charge in [0.25, 0.3) is 0 Å². The van der Waals surface area contributed by atoms with Gasteiger partial charge in [-0.1, -0.05) is 39.8 Å². The van der Waals surface area contributed by atoms with Crippen molar-refractivity contribution >= 4 is 17.7 Å². The van der Waals surface area contributed by atoms with E-state index in [0.29, 0.717) is 5.56 Å². The molecule has 0 aliphatic rings. The van der Waals surface area contributed by atoms with E-state index in [4.69, 9.17) is 0 Å². The lowest BCUT2D eigenvalue weighted by Gasteiger charge is -2.40. The van der Waals surface area contributed by atoms with Crippen molar-refractivity contribution < 1.29 is 15.0 Å². The monoisotopic (exact) mass is 310 g/mol. The molecule has 21 heavy (non-hydrogen) atoms. The van der Waals surface area contributed by atoms with Crippen LogP contribution < -0.4 is 0 Å². The molecule has 2 N–H and O–H groups in total. The molecule has 1 rings (SSSR count). The molecule has 1 aromatic rings. The van der Waals surface area contributed by atoms with E-state index in [1.165, 1.54) is 0 Å². The van der Waals surface area contributed by atoms with Gasteiger partial charge in [0.15, 0.2) is 0 Å². The number of hydrogen-bond acceptors (Lipinski definition) is 3. The molecule has 2 atom stereocenters. The van der Waals surface area contributed by atoms with Crippen molar-refractivity contribution in [2.75, 3.05) is 0 Å². The Hall–Kier alpha value is -1.00. The first-order chi connectivity index (χ1) is 9.47. The van der Waals surface area contributed by atoms with Crippen molar-refractivity contribution in [3.63, 3.8) is 0 Å². The number of thioether (sulfide) groups is 1. The van der Waals surface area contributed by atoms with Gasteiger partial charge in [-0.2, -0.15) is 0 Å². The molecule has 1 aromatic carbocycles. The predicted molar refractivity (Wildman–Crippen MR) is 88.0 cm³/mol. The fourth-order valence-corrected chi connectivity index (χ4v) is 3.69. The molecule has 0 saturated heterocycles. The first-order valence-electron chi connectivity index (χ1n) is 7.20. The van der Waals surface area contributed by atoms with E-state index in [1.807, 2.05) is 32.9 Å². The van der Waals surface area contributed by atoms with Crippen LogP contribution in [-0.4, -0.2) is 26.5 Å². The molecule has 0 amide bonds. The highest BCUT2D eigenvalue weighted by Gasteiger charge is 2.37. The van der Waals surface area contributed by atoms with E-state index in [-0.39, 0.29) is 16.6 Å². The quantitative estimate of drug-likeness (QED) is 0.769. The molecule has 0 aromatic heterocycles. The third kappa shape index (κ3) is 4.48. The van der Waals surface area contributed by atoms with Gasteiger partial charge in [0.2, 0.25) is 0 Å². The van der Waals surface area contributed by atoms with E-state index >= 15 is 0 Å². The molecule has 0 aliphatic heterocycles.